The molecule has 1 aliphatic carbocycles. The van der Waals surface area contributed by atoms with Crippen LogP contribution in [0.1, 0.15) is 35.6 Å². The van der Waals surface area contributed by atoms with Gasteiger partial charge >= 0.3 is 0 Å². The Labute approximate surface area is 207 Å². The molecule has 2 aromatic carbocycles. The maximum Gasteiger partial charge on any atom is 0.224 e. The van der Waals surface area contributed by atoms with E-state index in [1.165, 1.54) is 5.56 Å². The molecule has 1 unspecified atom stereocenters. The van der Waals surface area contributed by atoms with Crippen molar-refractivity contribution in [2.24, 2.45) is 0 Å². The zero-order valence-corrected chi connectivity index (χ0v) is 19.9. The second-order valence-corrected chi connectivity index (χ2v) is 8.89. The second-order valence-electron chi connectivity index (χ2n) is 8.17. The minimum Gasteiger partial charge on any atom is -0.491 e. The first-order chi connectivity index (χ1) is 16.6. The highest BCUT2D eigenvalue weighted by atomic mass is 35.5. The number of nitrogen functional groups attached to an aromatic ring is 1. The molecule has 1 atom stereocenters. The van der Waals surface area contributed by atoms with Gasteiger partial charge in [0.2, 0.25) is 5.28 Å². The maximum atomic E-state index is 6.28. The van der Waals surface area contributed by atoms with Crippen molar-refractivity contribution < 1.29 is 4.74 Å². The molecule has 0 fully saturated rings. The van der Waals surface area contributed by atoms with Crippen LogP contribution >= 0.6 is 23.2 Å². The number of benzene rings is 2. The number of nitrogens with zero attached hydrogens (tertiary/aromatic N) is 4. The Morgan fingerprint density at radius 2 is 1.97 bits per heavy atom. The van der Waals surface area contributed by atoms with Crippen LogP contribution in [0, 0.1) is 0 Å². The van der Waals surface area contributed by atoms with E-state index in [4.69, 9.17) is 33.7 Å². The molecule has 0 saturated heterocycles. The molecule has 0 amide bonds. The van der Waals surface area contributed by atoms with Gasteiger partial charge in [0.05, 0.1) is 18.0 Å². The third-order valence-corrected chi connectivity index (χ3v) is 6.28. The van der Waals surface area contributed by atoms with Crippen LogP contribution in [0.25, 0.3) is 5.69 Å². The zero-order chi connectivity index (χ0) is 23.5. The Kier molecular flexibility index (Phi) is 6.56. The summed E-state index contributed by atoms with van der Waals surface area (Å²) in [5.74, 6) is 1.73. The highest BCUT2D eigenvalue weighted by Gasteiger charge is 2.29. The smallest absolute Gasteiger partial charge is 0.224 e. The molecular formula is C25H24Cl2N6O. The van der Waals surface area contributed by atoms with Crippen LogP contribution in [0.15, 0.2) is 61.1 Å². The van der Waals surface area contributed by atoms with Crippen molar-refractivity contribution in [3.63, 3.8) is 0 Å². The van der Waals surface area contributed by atoms with Crippen molar-refractivity contribution >= 4 is 34.7 Å². The van der Waals surface area contributed by atoms with Crippen LogP contribution in [0.5, 0.6) is 5.75 Å². The van der Waals surface area contributed by atoms with E-state index < -0.39 is 0 Å². The molecule has 2 heterocycles. The Hall–Kier alpha value is -3.29. The summed E-state index contributed by atoms with van der Waals surface area (Å²) in [6, 6.07) is 15.9. The molecule has 0 spiro atoms. The van der Waals surface area contributed by atoms with E-state index in [1.54, 1.807) is 18.6 Å². The topological polar surface area (TPSA) is 90.9 Å². The minimum atomic E-state index is 0.249. The summed E-state index contributed by atoms with van der Waals surface area (Å²) in [6.07, 6.45) is 6.05. The molecule has 0 saturated carbocycles. The maximum absolute atomic E-state index is 6.28. The van der Waals surface area contributed by atoms with Crippen LogP contribution in [0.3, 0.4) is 0 Å². The Bertz CT molecular complexity index is 1290. The van der Waals surface area contributed by atoms with Gasteiger partial charge in [-0.25, -0.2) is 15.0 Å². The van der Waals surface area contributed by atoms with Crippen LogP contribution in [0.2, 0.25) is 10.4 Å². The standard InChI is InChI=1S/C25H24Cl2N6O/c26-22-14-33(15-30-22)20-10-7-17(28)13-21(20)34-12-4-11-29-24-19-9-8-18(16-5-2-1-3-6-16)23(19)31-25(27)32-24/h1-3,5-7,10,13-15,18H,4,8-9,11-12,28H2,(H,29,31,32). The van der Waals surface area contributed by atoms with Gasteiger partial charge in [-0.3, -0.25) is 0 Å². The Balaban J connectivity index is 1.22. The number of halogens is 2. The monoisotopic (exact) mass is 494 g/mol. The molecule has 0 aliphatic heterocycles. The number of anilines is 2. The number of hydrogen-bond acceptors (Lipinski definition) is 6. The lowest BCUT2D eigenvalue weighted by Gasteiger charge is -2.15. The SMILES string of the molecule is Nc1ccc(-n2cnc(Cl)c2)c(OCCCNc2nc(Cl)nc3c2CCC3c2ccccc2)c1. The molecule has 5 rings (SSSR count). The largest absolute Gasteiger partial charge is 0.491 e. The number of rotatable bonds is 8. The number of aromatic nitrogens is 4. The molecule has 7 nitrogen and oxygen atoms in total. The summed E-state index contributed by atoms with van der Waals surface area (Å²) in [6.45, 7) is 1.18. The summed E-state index contributed by atoms with van der Waals surface area (Å²) in [4.78, 5) is 13.1. The van der Waals surface area contributed by atoms with Crippen LogP contribution in [-0.4, -0.2) is 32.7 Å². The fourth-order valence-electron chi connectivity index (χ4n) is 4.34. The van der Waals surface area contributed by atoms with E-state index in [0.717, 1.165) is 42.0 Å². The highest BCUT2D eigenvalue weighted by Crippen LogP contribution is 2.40. The van der Waals surface area contributed by atoms with E-state index in [0.29, 0.717) is 29.7 Å². The summed E-state index contributed by atoms with van der Waals surface area (Å²) >= 11 is 12.2. The average molecular weight is 495 g/mol. The number of hydrogen-bond donors (Lipinski definition) is 2. The van der Waals surface area contributed by atoms with Gasteiger partial charge in [-0.05, 0) is 48.6 Å². The van der Waals surface area contributed by atoms with E-state index in [9.17, 15) is 0 Å². The predicted octanol–water partition coefficient (Wildman–Crippen LogP) is 5.51. The first-order valence-corrected chi connectivity index (χ1v) is 11.9. The lowest BCUT2D eigenvalue weighted by atomic mass is 9.97. The van der Waals surface area contributed by atoms with Crippen molar-refractivity contribution in [2.75, 3.05) is 24.2 Å². The van der Waals surface area contributed by atoms with Gasteiger partial charge in [0.25, 0.3) is 0 Å². The molecule has 9 heteroatoms. The third kappa shape index (κ3) is 4.81. The molecule has 0 radical (unpaired) electrons. The number of nitrogens with one attached hydrogen (secondary N) is 1. The van der Waals surface area contributed by atoms with Gasteiger partial charge < -0.3 is 20.4 Å². The van der Waals surface area contributed by atoms with Gasteiger partial charge in [0.15, 0.2) is 0 Å². The summed E-state index contributed by atoms with van der Waals surface area (Å²) < 4.78 is 7.85. The molecule has 2 aromatic heterocycles. The van der Waals surface area contributed by atoms with E-state index in [-0.39, 0.29) is 11.2 Å². The van der Waals surface area contributed by atoms with E-state index >= 15 is 0 Å². The van der Waals surface area contributed by atoms with Gasteiger partial charge in [-0.2, -0.15) is 0 Å². The fourth-order valence-corrected chi connectivity index (χ4v) is 4.66. The average Bonchev–Trinajstić information content (AvgIpc) is 3.46. The number of fused-ring (bicyclic) bond motifs is 1. The van der Waals surface area contributed by atoms with Crippen molar-refractivity contribution in [1.29, 1.82) is 0 Å². The number of ether oxygens (including phenoxy) is 1. The van der Waals surface area contributed by atoms with Gasteiger partial charge in [-0.15, -0.1) is 0 Å². The highest BCUT2D eigenvalue weighted by molar-refractivity contribution is 6.29. The molecule has 1 aliphatic rings. The van der Waals surface area contributed by atoms with E-state index in [1.807, 2.05) is 22.8 Å². The lowest BCUT2D eigenvalue weighted by molar-refractivity contribution is 0.314. The normalized spacial score (nSPS) is 14.7. The second kappa shape index (κ2) is 9.91. The minimum absolute atomic E-state index is 0.249. The first kappa shape index (κ1) is 22.5. The summed E-state index contributed by atoms with van der Waals surface area (Å²) in [5.41, 5.74) is 10.8. The van der Waals surface area contributed by atoms with E-state index in [2.05, 4.69) is 44.5 Å². The van der Waals surface area contributed by atoms with Gasteiger partial charge in [0.1, 0.15) is 23.0 Å². The van der Waals surface area contributed by atoms with Crippen molar-refractivity contribution in [2.45, 2.75) is 25.2 Å². The fraction of sp³-hybridized carbons (Fsp3) is 0.240. The van der Waals surface area contributed by atoms with Crippen LogP contribution in [0.4, 0.5) is 11.5 Å². The van der Waals surface area contributed by atoms with Crippen LogP contribution in [-0.2, 0) is 6.42 Å². The molecule has 3 N–H and O–H groups in total. The van der Waals surface area contributed by atoms with Crippen molar-refractivity contribution in [1.82, 2.24) is 19.5 Å². The summed E-state index contributed by atoms with van der Waals surface area (Å²) in [5, 5.41) is 4.11. The Morgan fingerprint density at radius 1 is 1.12 bits per heavy atom. The molecule has 4 aromatic rings. The van der Waals surface area contributed by atoms with Gasteiger partial charge in [-0.1, -0.05) is 41.9 Å². The van der Waals surface area contributed by atoms with Gasteiger partial charge in [0, 0.05) is 36.0 Å². The summed E-state index contributed by atoms with van der Waals surface area (Å²) in [7, 11) is 0. The van der Waals surface area contributed by atoms with Crippen LogP contribution < -0.4 is 15.8 Å². The molecule has 174 valence electrons. The predicted molar refractivity (Wildman–Crippen MR) is 135 cm³/mol. The Morgan fingerprint density at radius 3 is 2.76 bits per heavy atom. The number of imidazole rings is 1. The molecule has 34 heavy (non-hydrogen) atoms. The first-order valence-electron chi connectivity index (χ1n) is 11.2. The van der Waals surface area contributed by atoms with Crippen molar-refractivity contribution in [3.05, 3.63) is 88.3 Å². The third-order valence-electron chi connectivity index (χ3n) is 5.91. The molecular weight excluding hydrogens is 471 g/mol. The molecule has 0 bridgehead atoms. The quantitative estimate of drug-likeness (QED) is 0.190. The number of nitrogens with two attached hydrogens (primary N) is 1. The lowest BCUT2D eigenvalue weighted by Crippen LogP contribution is -2.12. The zero-order valence-electron chi connectivity index (χ0n) is 18.4. The van der Waals surface area contributed by atoms with Crippen molar-refractivity contribution in [3.8, 4) is 11.4 Å².